The van der Waals surface area contributed by atoms with E-state index in [0.29, 0.717) is 15.6 Å². The van der Waals surface area contributed by atoms with Crippen LogP contribution in [0.3, 0.4) is 0 Å². The summed E-state index contributed by atoms with van der Waals surface area (Å²) >= 11 is 7.23. The first-order chi connectivity index (χ1) is 9.42. The van der Waals surface area contributed by atoms with Gasteiger partial charge in [0.25, 0.3) is 0 Å². The third-order valence-electron chi connectivity index (χ3n) is 2.58. The molecule has 2 aromatic rings. The third-order valence-corrected chi connectivity index (χ3v) is 5.31. The van der Waals surface area contributed by atoms with E-state index in [-0.39, 0.29) is 18.0 Å². The standard InChI is InChI=1S/C12H13ClN2O3S2/c1-8-7-19-12(15-8)5-14-20(17,18)10-2-3-11(13)9(4-10)6-16/h2-4,7,14,16H,5-6H2,1H3. The molecule has 0 unspecified atom stereocenters. The molecular formula is C12H13ClN2O3S2. The van der Waals surface area contributed by atoms with Crippen LogP contribution in [0.15, 0.2) is 28.5 Å². The molecule has 0 radical (unpaired) electrons. The van der Waals surface area contributed by atoms with E-state index in [2.05, 4.69) is 9.71 Å². The second-order valence-electron chi connectivity index (χ2n) is 4.12. The zero-order valence-corrected chi connectivity index (χ0v) is 13.0. The van der Waals surface area contributed by atoms with Gasteiger partial charge in [0.1, 0.15) is 5.01 Å². The van der Waals surface area contributed by atoms with Gasteiger partial charge in [0.05, 0.1) is 18.0 Å². The lowest BCUT2D eigenvalue weighted by Gasteiger charge is -2.07. The zero-order chi connectivity index (χ0) is 14.8. The van der Waals surface area contributed by atoms with E-state index in [1.54, 1.807) is 0 Å². The highest BCUT2D eigenvalue weighted by atomic mass is 35.5. The number of aliphatic hydroxyl groups is 1. The molecule has 1 aromatic heterocycles. The van der Waals surface area contributed by atoms with Crippen LogP contribution in [0.4, 0.5) is 0 Å². The first-order valence-electron chi connectivity index (χ1n) is 5.72. The smallest absolute Gasteiger partial charge is 0.240 e. The number of rotatable bonds is 5. The quantitative estimate of drug-likeness (QED) is 0.878. The lowest BCUT2D eigenvalue weighted by atomic mass is 10.2. The number of aromatic nitrogens is 1. The molecule has 5 nitrogen and oxygen atoms in total. The van der Waals surface area contributed by atoms with Gasteiger partial charge in [-0.05, 0) is 30.7 Å². The van der Waals surface area contributed by atoms with Crippen molar-refractivity contribution in [2.75, 3.05) is 0 Å². The van der Waals surface area contributed by atoms with E-state index in [4.69, 9.17) is 16.7 Å². The van der Waals surface area contributed by atoms with Gasteiger partial charge in [-0.1, -0.05) is 11.6 Å². The molecule has 0 aliphatic heterocycles. The first kappa shape index (κ1) is 15.4. The summed E-state index contributed by atoms with van der Waals surface area (Å²) in [4.78, 5) is 4.25. The van der Waals surface area contributed by atoms with Gasteiger partial charge < -0.3 is 5.11 Å². The Kier molecular flexibility index (Phi) is 4.77. The van der Waals surface area contributed by atoms with Gasteiger partial charge in [0.15, 0.2) is 0 Å². The van der Waals surface area contributed by atoms with Crippen molar-refractivity contribution in [3.8, 4) is 0 Å². The Morgan fingerprint density at radius 2 is 2.20 bits per heavy atom. The van der Waals surface area contributed by atoms with Gasteiger partial charge in [-0.3, -0.25) is 0 Å². The molecule has 0 aliphatic rings. The fourth-order valence-corrected chi connectivity index (χ4v) is 3.58. The molecule has 0 spiro atoms. The lowest BCUT2D eigenvalue weighted by Crippen LogP contribution is -2.23. The molecule has 0 atom stereocenters. The van der Waals surface area contributed by atoms with Crippen molar-refractivity contribution >= 4 is 33.0 Å². The van der Waals surface area contributed by atoms with Crippen molar-refractivity contribution in [1.82, 2.24) is 9.71 Å². The van der Waals surface area contributed by atoms with Crippen molar-refractivity contribution < 1.29 is 13.5 Å². The number of nitrogens with zero attached hydrogens (tertiary/aromatic N) is 1. The SMILES string of the molecule is Cc1csc(CNS(=O)(=O)c2ccc(Cl)c(CO)c2)n1. The normalized spacial score (nSPS) is 11.8. The molecule has 1 heterocycles. The van der Waals surface area contributed by atoms with Crippen molar-refractivity contribution in [2.24, 2.45) is 0 Å². The molecule has 1 aromatic carbocycles. The lowest BCUT2D eigenvalue weighted by molar-refractivity contribution is 0.281. The number of aryl methyl sites for hydroxylation is 1. The van der Waals surface area contributed by atoms with Gasteiger partial charge >= 0.3 is 0 Å². The molecule has 20 heavy (non-hydrogen) atoms. The van der Waals surface area contributed by atoms with Crippen LogP contribution in [0.5, 0.6) is 0 Å². The number of thiazole rings is 1. The average Bonchev–Trinajstić information content (AvgIpc) is 2.83. The summed E-state index contributed by atoms with van der Waals surface area (Å²) in [6, 6.07) is 4.21. The van der Waals surface area contributed by atoms with E-state index in [0.717, 1.165) is 5.69 Å². The van der Waals surface area contributed by atoms with Crippen molar-refractivity contribution in [2.45, 2.75) is 25.0 Å². The number of nitrogens with one attached hydrogen (secondary N) is 1. The molecule has 8 heteroatoms. The Balaban J connectivity index is 2.17. The van der Waals surface area contributed by atoms with Gasteiger partial charge in [-0.2, -0.15) is 0 Å². The van der Waals surface area contributed by atoms with Gasteiger partial charge in [-0.15, -0.1) is 11.3 Å². The Labute approximate surface area is 126 Å². The van der Waals surface area contributed by atoms with E-state index in [1.165, 1.54) is 29.5 Å². The molecule has 108 valence electrons. The average molecular weight is 333 g/mol. The second kappa shape index (κ2) is 6.19. The number of benzene rings is 1. The molecule has 2 rings (SSSR count). The highest BCUT2D eigenvalue weighted by Gasteiger charge is 2.16. The van der Waals surface area contributed by atoms with Crippen molar-refractivity contribution in [3.05, 3.63) is 44.9 Å². The topological polar surface area (TPSA) is 79.3 Å². The van der Waals surface area contributed by atoms with Gasteiger partial charge in [0.2, 0.25) is 10.0 Å². The van der Waals surface area contributed by atoms with Crippen LogP contribution in [0.1, 0.15) is 16.3 Å². The van der Waals surface area contributed by atoms with E-state index in [1.807, 2.05) is 12.3 Å². The van der Waals surface area contributed by atoms with Crippen LogP contribution < -0.4 is 4.72 Å². The summed E-state index contributed by atoms with van der Waals surface area (Å²) in [6.45, 7) is 1.67. The van der Waals surface area contributed by atoms with Gasteiger partial charge in [-0.25, -0.2) is 18.1 Å². The molecule has 0 aliphatic carbocycles. The molecule has 0 saturated carbocycles. The maximum Gasteiger partial charge on any atom is 0.240 e. The largest absolute Gasteiger partial charge is 0.392 e. The highest BCUT2D eigenvalue weighted by Crippen LogP contribution is 2.20. The number of aliphatic hydroxyl groups excluding tert-OH is 1. The second-order valence-corrected chi connectivity index (χ2v) is 7.24. The Hall–Kier alpha value is -0.990. The van der Waals surface area contributed by atoms with Gasteiger partial charge in [0, 0.05) is 16.1 Å². The molecule has 0 fully saturated rings. The summed E-state index contributed by atoms with van der Waals surface area (Å²) in [7, 11) is -3.65. The summed E-state index contributed by atoms with van der Waals surface area (Å²) < 4.78 is 26.7. The van der Waals surface area contributed by atoms with E-state index >= 15 is 0 Å². The molecule has 0 saturated heterocycles. The summed E-state index contributed by atoms with van der Waals surface area (Å²) in [5.41, 5.74) is 1.23. The molecule has 0 bridgehead atoms. The fourth-order valence-electron chi connectivity index (χ4n) is 1.56. The molecule has 0 amide bonds. The Bertz CT molecular complexity index is 713. The van der Waals surface area contributed by atoms with E-state index in [9.17, 15) is 8.42 Å². The molecule has 2 N–H and O–H groups in total. The first-order valence-corrected chi connectivity index (χ1v) is 8.46. The summed E-state index contributed by atoms with van der Waals surface area (Å²) in [5.74, 6) is 0. The number of halogens is 1. The number of sulfonamides is 1. The van der Waals surface area contributed by atoms with Crippen LogP contribution >= 0.6 is 22.9 Å². The predicted octanol–water partition coefficient (Wildman–Crippen LogP) is 2.08. The van der Waals surface area contributed by atoms with Crippen molar-refractivity contribution in [3.63, 3.8) is 0 Å². The van der Waals surface area contributed by atoms with E-state index < -0.39 is 10.0 Å². The Morgan fingerprint density at radius 3 is 2.80 bits per heavy atom. The minimum absolute atomic E-state index is 0.0687. The van der Waals surface area contributed by atoms with Crippen LogP contribution in [0.25, 0.3) is 0 Å². The fraction of sp³-hybridized carbons (Fsp3) is 0.250. The summed E-state index contributed by atoms with van der Waals surface area (Å²) in [5, 5.41) is 12.0. The minimum atomic E-state index is -3.65. The number of hydrogen-bond donors (Lipinski definition) is 2. The van der Waals surface area contributed by atoms with Crippen LogP contribution in [0, 0.1) is 6.92 Å². The summed E-state index contributed by atoms with van der Waals surface area (Å²) in [6.07, 6.45) is 0. The number of hydrogen-bond acceptors (Lipinski definition) is 5. The van der Waals surface area contributed by atoms with Crippen molar-refractivity contribution in [1.29, 1.82) is 0 Å². The van der Waals surface area contributed by atoms with Crippen LogP contribution in [-0.2, 0) is 23.2 Å². The monoisotopic (exact) mass is 332 g/mol. The Morgan fingerprint density at radius 1 is 1.45 bits per heavy atom. The zero-order valence-electron chi connectivity index (χ0n) is 10.6. The maximum absolute atomic E-state index is 12.1. The highest BCUT2D eigenvalue weighted by molar-refractivity contribution is 7.89. The molecular weight excluding hydrogens is 320 g/mol. The minimum Gasteiger partial charge on any atom is -0.392 e. The van der Waals surface area contributed by atoms with Crippen LogP contribution in [-0.4, -0.2) is 18.5 Å². The maximum atomic E-state index is 12.1. The third kappa shape index (κ3) is 3.56. The van der Waals surface area contributed by atoms with Crippen LogP contribution in [0.2, 0.25) is 5.02 Å². The predicted molar refractivity (Wildman–Crippen MR) is 78.3 cm³/mol.